The Morgan fingerprint density at radius 2 is 1.89 bits per heavy atom. The maximum absolute atomic E-state index is 13.6. The summed E-state index contributed by atoms with van der Waals surface area (Å²) in [5.41, 5.74) is -0.149. The minimum Gasteiger partial charge on any atom is -0.457 e. The number of benzene rings is 1. The lowest BCUT2D eigenvalue weighted by Crippen LogP contribution is -2.12. The van der Waals surface area contributed by atoms with Crippen LogP contribution in [0.4, 0.5) is 8.78 Å². The van der Waals surface area contributed by atoms with Gasteiger partial charge >= 0.3 is 5.97 Å². The predicted octanol–water partition coefficient (Wildman–Crippen LogP) is 4.15. The van der Waals surface area contributed by atoms with Crippen LogP contribution in [0, 0.1) is 11.6 Å². The van der Waals surface area contributed by atoms with Crippen LogP contribution in [0.15, 0.2) is 18.2 Å². The first-order valence-corrected chi connectivity index (χ1v) is 6.17. The highest BCUT2D eigenvalue weighted by Gasteiger charge is 2.22. The summed E-state index contributed by atoms with van der Waals surface area (Å²) in [6, 6.07) is 3.65. The first-order chi connectivity index (χ1) is 8.56. The maximum Gasteiger partial charge on any atom is 0.303 e. The lowest BCUT2D eigenvalue weighted by molar-refractivity contribution is -0.147. The summed E-state index contributed by atoms with van der Waals surface area (Å²) in [7, 11) is 0. The molecule has 1 aromatic carbocycles. The van der Waals surface area contributed by atoms with E-state index in [-0.39, 0.29) is 5.56 Å². The van der Waals surface area contributed by atoms with Gasteiger partial charge < -0.3 is 4.74 Å². The van der Waals surface area contributed by atoms with E-state index in [1.807, 2.05) is 6.92 Å². The van der Waals surface area contributed by atoms with Crippen molar-refractivity contribution in [2.45, 2.75) is 45.6 Å². The third-order valence-corrected chi connectivity index (χ3v) is 2.70. The van der Waals surface area contributed by atoms with Crippen LogP contribution in [0.3, 0.4) is 0 Å². The van der Waals surface area contributed by atoms with Gasteiger partial charge in [-0.05, 0) is 25.0 Å². The molecule has 0 aliphatic rings. The van der Waals surface area contributed by atoms with Gasteiger partial charge in [0.25, 0.3) is 0 Å². The van der Waals surface area contributed by atoms with E-state index in [4.69, 9.17) is 4.74 Å². The molecular formula is C14H18F2O2. The van der Waals surface area contributed by atoms with Gasteiger partial charge in [0.15, 0.2) is 0 Å². The average molecular weight is 256 g/mol. The van der Waals surface area contributed by atoms with Gasteiger partial charge in [-0.3, -0.25) is 4.79 Å². The molecule has 0 heterocycles. The van der Waals surface area contributed by atoms with E-state index in [0.717, 1.165) is 19.3 Å². The molecule has 0 N–H and O–H groups in total. The Morgan fingerprint density at radius 3 is 2.39 bits per heavy atom. The molecule has 1 rings (SSSR count). The normalized spacial score (nSPS) is 12.2. The van der Waals surface area contributed by atoms with Crippen molar-refractivity contribution in [1.82, 2.24) is 0 Å². The van der Waals surface area contributed by atoms with E-state index in [2.05, 4.69) is 0 Å². The number of ether oxygens (including phenoxy) is 1. The number of hydrogen-bond acceptors (Lipinski definition) is 2. The zero-order valence-corrected chi connectivity index (χ0v) is 10.7. The number of unbranched alkanes of at least 4 members (excludes halogenated alkanes) is 2. The second-order valence-electron chi connectivity index (χ2n) is 4.23. The zero-order valence-electron chi connectivity index (χ0n) is 10.7. The van der Waals surface area contributed by atoms with Crippen molar-refractivity contribution in [3.8, 4) is 0 Å². The Labute approximate surface area is 106 Å². The molecule has 1 aromatic rings. The largest absolute Gasteiger partial charge is 0.457 e. The molecule has 0 aliphatic carbocycles. The van der Waals surface area contributed by atoms with Gasteiger partial charge in [0.05, 0.1) is 5.56 Å². The van der Waals surface area contributed by atoms with Crippen LogP contribution in [-0.4, -0.2) is 5.97 Å². The highest BCUT2D eigenvalue weighted by atomic mass is 19.1. The Bertz CT molecular complexity index is 385. The Morgan fingerprint density at radius 1 is 1.28 bits per heavy atom. The topological polar surface area (TPSA) is 26.3 Å². The van der Waals surface area contributed by atoms with Gasteiger partial charge in [-0.1, -0.05) is 25.8 Å². The number of halogens is 2. The molecule has 4 heteroatoms. The molecule has 0 saturated heterocycles. The van der Waals surface area contributed by atoms with Crippen LogP contribution >= 0.6 is 0 Å². The van der Waals surface area contributed by atoms with Crippen molar-refractivity contribution < 1.29 is 18.3 Å². The van der Waals surface area contributed by atoms with Crippen molar-refractivity contribution in [3.05, 3.63) is 35.4 Å². The van der Waals surface area contributed by atoms with Crippen molar-refractivity contribution in [3.63, 3.8) is 0 Å². The van der Waals surface area contributed by atoms with Crippen LogP contribution in [0.25, 0.3) is 0 Å². The summed E-state index contributed by atoms with van der Waals surface area (Å²) < 4.78 is 32.3. The van der Waals surface area contributed by atoms with Crippen LogP contribution in [0.5, 0.6) is 0 Å². The van der Waals surface area contributed by atoms with Crippen LogP contribution in [-0.2, 0) is 9.53 Å². The second kappa shape index (κ2) is 7.09. The highest BCUT2D eigenvalue weighted by molar-refractivity contribution is 5.66. The fourth-order valence-electron chi connectivity index (χ4n) is 1.86. The third kappa shape index (κ3) is 4.09. The first kappa shape index (κ1) is 14.6. The maximum atomic E-state index is 13.6. The molecule has 0 aromatic heterocycles. The quantitative estimate of drug-likeness (QED) is 0.564. The molecule has 0 amide bonds. The molecule has 1 unspecified atom stereocenters. The molecule has 0 bridgehead atoms. The van der Waals surface area contributed by atoms with Gasteiger partial charge in [0.1, 0.15) is 17.7 Å². The van der Waals surface area contributed by atoms with Gasteiger partial charge in [0, 0.05) is 6.92 Å². The molecule has 0 spiro atoms. The van der Waals surface area contributed by atoms with Crippen LogP contribution in [0.1, 0.15) is 51.2 Å². The Balaban J connectivity index is 2.90. The standard InChI is InChI=1S/C14H18F2O2/c1-3-4-5-9-13(18-10(2)17)14-11(15)7-6-8-12(14)16/h6-8,13H,3-5,9H2,1-2H3. The van der Waals surface area contributed by atoms with E-state index in [1.54, 1.807) is 0 Å². The molecule has 0 radical (unpaired) electrons. The second-order valence-corrected chi connectivity index (χ2v) is 4.23. The fourth-order valence-corrected chi connectivity index (χ4v) is 1.86. The lowest BCUT2D eigenvalue weighted by atomic mass is 10.0. The molecule has 0 aliphatic heterocycles. The fraction of sp³-hybridized carbons (Fsp3) is 0.500. The molecule has 0 fully saturated rings. The van der Waals surface area contributed by atoms with Crippen molar-refractivity contribution >= 4 is 5.97 Å². The van der Waals surface area contributed by atoms with Crippen molar-refractivity contribution in [1.29, 1.82) is 0 Å². The number of rotatable bonds is 6. The van der Waals surface area contributed by atoms with E-state index in [9.17, 15) is 13.6 Å². The van der Waals surface area contributed by atoms with Gasteiger partial charge in [0.2, 0.25) is 0 Å². The minimum absolute atomic E-state index is 0.149. The number of carbonyl (C=O) groups is 1. The Hall–Kier alpha value is -1.45. The highest BCUT2D eigenvalue weighted by Crippen LogP contribution is 2.28. The van der Waals surface area contributed by atoms with E-state index in [0.29, 0.717) is 6.42 Å². The predicted molar refractivity (Wildman–Crippen MR) is 65.0 cm³/mol. The third-order valence-electron chi connectivity index (χ3n) is 2.70. The number of esters is 1. The molecule has 1 atom stereocenters. The van der Waals surface area contributed by atoms with Crippen LogP contribution < -0.4 is 0 Å². The molecule has 0 saturated carbocycles. The zero-order chi connectivity index (χ0) is 13.5. The number of carbonyl (C=O) groups excluding carboxylic acids is 1. The Kier molecular flexibility index (Phi) is 5.75. The summed E-state index contributed by atoms with van der Waals surface area (Å²) >= 11 is 0. The van der Waals surface area contributed by atoms with Gasteiger partial charge in [-0.2, -0.15) is 0 Å². The van der Waals surface area contributed by atoms with Crippen molar-refractivity contribution in [2.24, 2.45) is 0 Å². The smallest absolute Gasteiger partial charge is 0.303 e. The first-order valence-electron chi connectivity index (χ1n) is 6.17. The summed E-state index contributed by atoms with van der Waals surface area (Å²) in [6.45, 7) is 3.27. The molecule has 100 valence electrons. The summed E-state index contributed by atoms with van der Waals surface area (Å²) in [5.74, 6) is -1.87. The van der Waals surface area contributed by atoms with Gasteiger partial charge in [-0.15, -0.1) is 0 Å². The summed E-state index contributed by atoms with van der Waals surface area (Å²) in [5, 5.41) is 0. The molecule has 2 nitrogen and oxygen atoms in total. The van der Waals surface area contributed by atoms with E-state index in [1.165, 1.54) is 25.1 Å². The van der Waals surface area contributed by atoms with Crippen molar-refractivity contribution in [2.75, 3.05) is 0 Å². The minimum atomic E-state index is -0.838. The van der Waals surface area contributed by atoms with Gasteiger partial charge in [-0.25, -0.2) is 8.78 Å². The monoisotopic (exact) mass is 256 g/mol. The molecule has 18 heavy (non-hydrogen) atoms. The molecular weight excluding hydrogens is 238 g/mol. The SMILES string of the molecule is CCCCCC(OC(C)=O)c1c(F)cccc1F. The summed E-state index contributed by atoms with van der Waals surface area (Å²) in [4.78, 5) is 11.0. The van der Waals surface area contributed by atoms with E-state index < -0.39 is 23.7 Å². The van der Waals surface area contributed by atoms with Crippen LogP contribution in [0.2, 0.25) is 0 Å². The number of hydrogen-bond donors (Lipinski definition) is 0. The summed E-state index contributed by atoms with van der Waals surface area (Å²) in [6.07, 6.45) is 2.30. The van der Waals surface area contributed by atoms with E-state index >= 15 is 0 Å². The average Bonchev–Trinajstić information content (AvgIpc) is 2.28. The lowest BCUT2D eigenvalue weighted by Gasteiger charge is -2.18.